The molecule has 0 bridgehead atoms. The van der Waals surface area contributed by atoms with Gasteiger partial charge in [0, 0.05) is 31.5 Å². The molecule has 1 amide bonds. The average Bonchev–Trinajstić information content (AvgIpc) is 2.74. The molecule has 4 rings (SSSR count). The van der Waals surface area contributed by atoms with E-state index in [2.05, 4.69) is 0 Å². The summed E-state index contributed by atoms with van der Waals surface area (Å²) >= 11 is 0. The number of piperidine rings is 1. The Morgan fingerprint density at radius 3 is 2.46 bits per heavy atom. The van der Waals surface area contributed by atoms with Crippen molar-refractivity contribution < 1.29 is 19.4 Å². The first kappa shape index (κ1) is 19.0. The normalized spacial score (nSPS) is 23.3. The number of amides is 1. The molecule has 1 N–H and O–H groups in total. The molecule has 1 aliphatic heterocycles. The minimum atomic E-state index is -0.324. The van der Waals surface area contributed by atoms with Gasteiger partial charge in [-0.3, -0.25) is 4.79 Å². The lowest BCUT2D eigenvalue weighted by Crippen LogP contribution is -2.62. The van der Waals surface area contributed by atoms with Crippen LogP contribution in [0.5, 0.6) is 11.5 Å². The second kappa shape index (κ2) is 7.94. The van der Waals surface area contributed by atoms with Crippen molar-refractivity contribution >= 4 is 5.91 Å². The highest BCUT2D eigenvalue weighted by Gasteiger charge is 2.56. The van der Waals surface area contributed by atoms with Crippen LogP contribution < -0.4 is 4.74 Å². The number of ether oxygens (including phenoxy) is 2. The van der Waals surface area contributed by atoms with Crippen molar-refractivity contribution in [1.29, 1.82) is 0 Å². The Hall–Kier alpha value is -2.37. The molecule has 1 heterocycles. The van der Waals surface area contributed by atoms with Gasteiger partial charge in [0.25, 0.3) is 5.91 Å². The van der Waals surface area contributed by atoms with E-state index >= 15 is 0 Å². The Morgan fingerprint density at radius 1 is 1.11 bits per heavy atom. The first-order valence-electron chi connectivity index (χ1n) is 10.0. The molecule has 5 nitrogen and oxygen atoms in total. The fraction of sp³-hybridized carbons (Fsp3) is 0.435. The highest BCUT2D eigenvalue weighted by Crippen LogP contribution is 2.51. The third-order valence-electron chi connectivity index (χ3n) is 6.18. The van der Waals surface area contributed by atoms with E-state index in [1.165, 1.54) is 0 Å². The van der Waals surface area contributed by atoms with Crippen molar-refractivity contribution in [2.45, 2.75) is 38.4 Å². The highest BCUT2D eigenvalue weighted by molar-refractivity contribution is 5.97. The molecule has 1 spiro atoms. The van der Waals surface area contributed by atoms with Crippen LogP contribution in [0.2, 0.25) is 0 Å². The number of aliphatic hydroxyl groups is 1. The molecule has 5 heteroatoms. The Labute approximate surface area is 165 Å². The van der Waals surface area contributed by atoms with Crippen molar-refractivity contribution in [3.05, 3.63) is 60.2 Å². The van der Waals surface area contributed by atoms with E-state index < -0.39 is 0 Å². The fourth-order valence-electron chi connectivity index (χ4n) is 4.46. The van der Waals surface area contributed by atoms with Gasteiger partial charge < -0.3 is 19.5 Å². The summed E-state index contributed by atoms with van der Waals surface area (Å²) in [5.74, 6) is 1.25. The fourth-order valence-corrected chi connectivity index (χ4v) is 4.46. The smallest absolute Gasteiger partial charge is 0.257 e. The predicted octanol–water partition coefficient (Wildman–Crippen LogP) is 3.87. The zero-order valence-electron chi connectivity index (χ0n) is 16.2. The van der Waals surface area contributed by atoms with Crippen LogP contribution in [-0.2, 0) is 4.74 Å². The molecule has 0 unspecified atom stereocenters. The van der Waals surface area contributed by atoms with Gasteiger partial charge in [-0.15, -0.1) is 0 Å². The van der Waals surface area contributed by atoms with Gasteiger partial charge in [-0.1, -0.05) is 30.3 Å². The van der Waals surface area contributed by atoms with Crippen molar-refractivity contribution in [1.82, 2.24) is 4.90 Å². The van der Waals surface area contributed by atoms with Gasteiger partial charge in [-0.05, 0) is 44.0 Å². The standard InChI is InChI=1S/C23H27NO4/c1-2-27-21-16-20(25)23(21)12-14-24(15-13-23)22(26)18-10-6-7-11-19(18)28-17-8-4-3-5-9-17/h3-11,20-21,25H,2,12-16H2,1H3/t20-,21+/m0/s1. The van der Waals surface area contributed by atoms with Crippen molar-refractivity contribution in [2.75, 3.05) is 19.7 Å². The second-order valence-corrected chi connectivity index (χ2v) is 7.63. The second-order valence-electron chi connectivity index (χ2n) is 7.63. The number of carbonyl (C=O) groups is 1. The van der Waals surface area contributed by atoms with E-state index in [1.807, 2.05) is 66.4 Å². The molecule has 1 saturated carbocycles. The SMILES string of the molecule is CCO[C@@H]1C[C@H](O)C12CCN(C(=O)c1ccccc1Oc1ccccc1)CC2. The monoisotopic (exact) mass is 381 g/mol. The summed E-state index contributed by atoms with van der Waals surface area (Å²) in [6.45, 7) is 3.89. The van der Waals surface area contributed by atoms with Crippen LogP contribution in [0.1, 0.15) is 36.5 Å². The summed E-state index contributed by atoms with van der Waals surface area (Å²) < 4.78 is 11.8. The number of hydrogen-bond donors (Lipinski definition) is 1. The number of carbonyl (C=O) groups excluding carboxylic acids is 1. The van der Waals surface area contributed by atoms with Crippen LogP contribution in [0, 0.1) is 5.41 Å². The van der Waals surface area contributed by atoms with E-state index in [1.54, 1.807) is 0 Å². The zero-order chi connectivity index (χ0) is 19.6. The molecule has 2 aromatic carbocycles. The Balaban J connectivity index is 1.46. The van der Waals surface area contributed by atoms with Gasteiger partial charge in [0.1, 0.15) is 11.5 Å². The number of hydrogen-bond acceptors (Lipinski definition) is 4. The number of benzene rings is 2. The third kappa shape index (κ3) is 3.40. The van der Waals surface area contributed by atoms with E-state index in [-0.39, 0.29) is 23.5 Å². The lowest BCUT2D eigenvalue weighted by atomic mass is 9.58. The number of rotatable bonds is 5. The summed E-state index contributed by atoms with van der Waals surface area (Å²) in [4.78, 5) is 15.0. The molecular formula is C23H27NO4. The van der Waals surface area contributed by atoms with Crippen LogP contribution in [-0.4, -0.2) is 47.8 Å². The Kier molecular flexibility index (Phi) is 5.38. The highest BCUT2D eigenvalue weighted by atomic mass is 16.5. The Bertz CT molecular complexity index is 812. The molecule has 2 atom stereocenters. The molecule has 2 fully saturated rings. The molecule has 0 aromatic heterocycles. The summed E-state index contributed by atoms with van der Waals surface area (Å²) in [6, 6.07) is 16.9. The van der Waals surface area contributed by atoms with Gasteiger partial charge in [-0.2, -0.15) is 0 Å². The van der Waals surface area contributed by atoms with Gasteiger partial charge in [0.2, 0.25) is 0 Å². The number of nitrogens with zero attached hydrogens (tertiary/aromatic N) is 1. The average molecular weight is 381 g/mol. The van der Waals surface area contributed by atoms with Crippen LogP contribution in [0.4, 0.5) is 0 Å². The molecule has 1 saturated heterocycles. The first-order chi connectivity index (χ1) is 13.6. The lowest BCUT2D eigenvalue weighted by molar-refractivity contribution is -0.207. The lowest BCUT2D eigenvalue weighted by Gasteiger charge is -2.56. The van der Waals surface area contributed by atoms with Crippen molar-refractivity contribution in [3.63, 3.8) is 0 Å². The summed E-state index contributed by atoms with van der Waals surface area (Å²) in [5, 5.41) is 10.4. The number of para-hydroxylation sites is 2. The molecule has 28 heavy (non-hydrogen) atoms. The molecule has 1 aliphatic carbocycles. The van der Waals surface area contributed by atoms with E-state index in [4.69, 9.17) is 9.47 Å². The van der Waals surface area contributed by atoms with Gasteiger partial charge >= 0.3 is 0 Å². The topological polar surface area (TPSA) is 59.0 Å². The first-order valence-corrected chi connectivity index (χ1v) is 10.0. The minimum absolute atomic E-state index is 0.0249. The van der Waals surface area contributed by atoms with Crippen LogP contribution in [0.15, 0.2) is 54.6 Å². The maximum absolute atomic E-state index is 13.2. The maximum Gasteiger partial charge on any atom is 0.257 e. The van der Waals surface area contributed by atoms with Crippen molar-refractivity contribution in [3.8, 4) is 11.5 Å². The van der Waals surface area contributed by atoms with Crippen molar-refractivity contribution in [2.24, 2.45) is 5.41 Å². The minimum Gasteiger partial charge on any atom is -0.457 e. The molecule has 2 aromatic rings. The van der Waals surface area contributed by atoms with Crippen LogP contribution in [0.25, 0.3) is 0 Å². The molecular weight excluding hydrogens is 354 g/mol. The van der Waals surface area contributed by atoms with Crippen LogP contribution >= 0.6 is 0 Å². The molecule has 2 aliphatic rings. The third-order valence-corrected chi connectivity index (χ3v) is 6.18. The van der Waals surface area contributed by atoms with Gasteiger partial charge in [-0.25, -0.2) is 0 Å². The number of likely N-dealkylation sites (tertiary alicyclic amines) is 1. The van der Waals surface area contributed by atoms with Crippen LogP contribution in [0.3, 0.4) is 0 Å². The summed E-state index contributed by atoms with van der Waals surface area (Å²) in [5.41, 5.74) is 0.380. The largest absolute Gasteiger partial charge is 0.457 e. The summed E-state index contributed by atoms with van der Waals surface area (Å²) in [6.07, 6.45) is 2.03. The van der Waals surface area contributed by atoms with E-state index in [9.17, 15) is 9.90 Å². The zero-order valence-corrected chi connectivity index (χ0v) is 16.2. The number of aliphatic hydroxyl groups excluding tert-OH is 1. The van der Waals surface area contributed by atoms with E-state index in [0.717, 1.165) is 12.8 Å². The quantitative estimate of drug-likeness (QED) is 0.854. The van der Waals surface area contributed by atoms with Gasteiger partial charge in [0.15, 0.2) is 0 Å². The maximum atomic E-state index is 13.2. The predicted molar refractivity (Wildman–Crippen MR) is 107 cm³/mol. The molecule has 0 radical (unpaired) electrons. The van der Waals surface area contributed by atoms with E-state index in [0.29, 0.717) is 43.2 Å². The summed E-state index contributed by atoms with van der Waals surface area (Å²) in [7, 11) is 0. The molecule has 148 valence electrons. The Morgan fingerprint density at radius 2 is 1.79 bits per heavy atom. The van der Waals surface area contributed by atoms with Gasteiger partial charge in [0.05, 0.1) is 17.8 Å².